The predicted octanol–water partition coefficient (Wildman–Crippen LogP) is 4.00. The zero-order chi connectivity index (χ0) is 14.5. The molecule has 0 aliphatic heterocycles. The number of alkyl halides is 1. The molecule has 0 heterocycles. The monoisotopic (exact) mass is 348 g/mol. The van der Waals surface area contributed by atoms with E-state index in [0.717, 1.165) is 17.3 Å². The number of ether oxygens (including phenoxy) is 2. The second kappa shape index (κ2) is 7.15. The Balaban J connectivity index is 2.84. The minimum absolute atomic E-state index is 0.323. The molecule has 19 heavy (non-hydrogen) atoms. The fraction of sp³-hybridized carbons (Fsp3) is 0.500. The third-order valence-corrected chi connectivity index (χ3v) is 3.20. The van der Waals surface area contributed by atoms with E-state index in [9.17, 15) is 4.79 Å². The van der Waals surface area contributed by atoms with Crippen LogP contribution < -0.4 is 4.74 Å². The summed E-state index contributed by atoms with van der Waals surface area (Å²) in [6, 6.07) is 5.56. The zero-order valence-corrected chi connectivity index (χ0v) is 13.7. The Hall–Kier alpha value is -0.740. The molecule has 1 rings (SSSR count). The highest BCUT2D eigenvalue weighted by Crippen LogP contribution is 2.29. The maximum absolute atomic E-state index is 11.8. The van der Waals surface area contributed by atoms with E-state index < -0.39 is 11.6 Å². The molecular weight excluding hydrogens is 332 g/mol. The summed E-state index contributed by atoms with van der Waals surface area (Å²) in [5, 5.41) is 1.37. The minimum atomic E-state index is -1.06. The van der Waals surface area contributed by atoms with Crippen LogP contribution in [0, 0.1) is 0 Å². The van der Waals surface area contributed by atoms with E-state index in [1.54, 1.807) is 26.8 Å². The lowest BCUT2D eigenvalue weighted by atomic mass is 10.1. The van der Waals surface area contributed by atoms with Crippen molar-refractivity contribution in [1.29, 1.82) is 0 Å². The summed E-state index contributed by atoms with van der Waals surface area (Å²) in [6.07, 6.45) is 0.890. The minimum Gasteiger partial charge on any atom is -0.475 e. The summed E-state index contributed by atoms with van der Waals surface area (Å²) in [4.78, 5) is 11.8. The normalized spacial score (nSPS) is 11.2. The van der Waals surface area contributed by atoms with Crippen molar-refractivity contribution in [3.63, 3.8) is 0 Å². The van der Waals surface area contributed by atoms with Crippen molar-refractivity contribution in [2.24, 2.45) is 0 Å². The Kier molecular flexibility index (Phi) is 6.14. The van der Waals surface area contributed by atoms with Crippen molar-refractivity contribution in [3.05, 3.63) is 28.8 Å². The zero-order valence-electron chi connectivity index (χ0n) is 11.3. The second-order valence-electron chi connectivity index (χ2n) is 4.54. The van der Waals surface area contributed by atoms with Crippen molar-refractivity contribution in [1.82, 2.24) is 0 Å². The molecule has 0 unspecified atom stereocenters. The van der Waals surface area contributed by atoms with Gasteiger partial charge in [0.05, 0.1) is 11.6 Å². The van der Waals surface area contributed by atoms with E-state index in [1.807, 2.05) is 12.1 Å². The number of esters is 1. The number of hydrogen-bond acceptors (Lipinski definition) is 3. The lowest BCUT2D eigenvalue weighted by Gasteiger charge is -2.24. The Morgan fingerprint density at radius 3 is 2.63 bits per heavy atom. The lowest BCUT2D eigenvalue weighted by Crippen LogP contribution is -2.39. The number of carbonyl (C=O) groups excluding carboxylic acids is 1. The van der Waals surface area contributed by atoms with Gasteiger partial charge in [-0.1, -0.05) is 33.6 Å². The third-order valence-electron chi connectivity index (χ3n) is 2.51. The molecule has 0 amide bonds. The number of aryl methyl sites for hydroxylation is 1. The van der Waals surface area contributed by atoms with Gasteiger partial charge in [-0.3, -0.25) is 0 Å². The Morgan fingerprint density at radius 1 is 1.42 bits per heavy atom. The number of carbonyl (C=O) groups is 1. The maximum atomic E-state index is 11.8. The number of halogens is 2. The molecule has 5 heteroatoms. The molecule has 0 saturated carbocycles. The van der Waals surface area contributed by atoms with Gasteiger partial charge in [0.15, 0.2) is 5.60 Å². The first-order chi connectivity index (χ1) is 8.90. The van der Waals surface area contributed by atoms with Crippen molar-refractivity contribution >= 4 is 33.5 Å². The van der Waals surface area contributed by atoms with Crippen LogP contribution in [0.15, 0.2) is 18.2 Å². The largest absolute Gasteiger partial charge is 0.475 e. The highest BCUT2D eigenvalue weighted by Gasteiger charge is 2.32. The maximum Gasteiger partial charge on any atom is 0.349 e. The van der Waals surface area contributed by atoms with Gasteiger partial charge >= 0.3 is 5.97 Å². The first kappa shape index (κ1) is 16.3. The third kappa shape index (κ3) is 4.69. The van der Waals surface area contributed by atoms with E-state index in [1.165, 1.54) is 0 Å². The summed E-state index contributed by atoms with van der Waals surface area (Å²) in [5.74, 6) is 0.0774. The van der Waals surface area contributed by atoms with Crippen LogP contribution in [0.2, 0.25) is 5.02 Å². The van der Waals surface area contributed by atoms with Gasteiger partial charge in [-0.05, 0) is 44.9 Å². The fourth-order valence-corrected chi connectivity index (χ4v) is 2.21. The Bertz CT molecular complexity index is 446. The molecule has 1 aromatic carbocycles. The van der Waals surface area contributed by atoms with Crippen molar-refractivity contribution in [2.45, 2.75) is 32.8 Å². The number of hydrogen-bond donors (Lipinski definition) is 0. The van der Waals surface area contributed by atoms with E-state index in [4.69, 9.17) is 21.1 Å². The number of rotatable bonds is 6. The fourth-order valence-electron chi connectivity index (χ4n) is 1.51. The average molecular weight is 350 g/mol. The molecule has 0 aliphatic rings. The van der Waals surface area contributed by atoms with Crippen LogP contribution in [-0.4, -0.2) is 23.5 Å². The van der Waals surface area contributed by atoms with Crippen LogP contribution in [-0.2, 0) is 16.0 Å². The van der Waals surface area contributed by atoms with Gasteiger partial charge in [0.1, 0.15) is 5.75 Å². The van der Waals surface area contributed by atoms with Crippen molar-refractivity contribution < 1.29 is 14.3 Å². The molecule has 0 fully saturated rings. The molecule has 0 radical (unpaired) electrons. The van der Waals surface area contributed by atoms with E-state index in [0.29, 0.717) is 17.4 Å². The van der Waals surface area contributed by atoms with Gasteiger partial charge in [-0.25, -0.2) is 4.79 Å². The first-order valence-corrected chi connectivity index (χ1v) is 7.61. The van der Waals surface area contributed by atoms with E-state index >= 15 is 0 Å². The molecule has 0 spiro atoms. The van der Waals surface area contributed by atoms with Crippen LogP contribution in [0.1, 0.15) is 26.3 Å². The second-order valence-corrected chi connectivity index (χ2v) is 5.74. The highest BCUT2D eigenvalue weighted by atomic mass is 79.9. The molecule has 0 saturated heterocycles. The molecule has 3 nitrogen and oxygen atoms in total. The van der Waals surface area contributed by atoms with Crippen molar-refractivity contribution in [3.8, 4) is 5.75 Å². The molecular formula is C14H18BrClO3. The quantitative estimate of drug-likeness (QED) is 0.575. The summed E-state index contributed by atoms with van der Waals surface area (Å²) in [7, 11) is 0. The van der Waals surface area contributed by atoms with E-state index in [2.05, 4.69) is 15.9 Å². The molecule has 0 aromatic heterocycles. The Morgan fingerprint density at radius 2 is 2.11 bits per heavy atom. The van der Waals surface area contributed by atoms with Gasteiger partial charge in [0.2, 0.25) is 0 Å². The van der Waals surface area contributed by atoms with Gasteiger partial charge in [-0.2, -0.15) is 0 Å². The summed E-state index contributed by atoms with van der Waals surface area (Å²) in [5.41, 5.74) is 0.0551. The van der Waals surface area contributed by atoms with Gasteiger partial charge in [-0.15, -0.1) is 0 Å². The first-order valence-electron chi connectivity index (χ1n) is 6.11. The topological polar surface area (TPSA) is 35.5 Å². The summed E-state index contributed by atoms with van der Waals surface area (Å²) in [6.45, 7) is 5.40. The molecule has 1 aromatic rings. The summed E-state index contributed by atoms with van der Waals surface area (Å²) < 4.78 is 10.6. The Labute approximate surface area is 127 Å². The van der Waals surface area contributed by atoms with Crippen LogP contribution in [0.3, 0.4) is 0 Å². The van der Waals surface area contributed by atoms with Crippen LogP contribution in [0.4, 0.5) is 0 Å². The molecule has 0 atom stereocenters. The van der Waals surface area contributed by atoms with Crippen LogP contribution in [0.5, 0.6) is 5.75 Å². The van der Waals surface area contributed by atoms with Crippen LogP contribution in [0.25, 0.3) is 0 Å². The summed E-state index contributed by atoms with van der Waals surface area (Å²) >= 11 is 9.54. The van der Waals surface area contributed by atoms with Gasteiger partial charge < -0.3 is 9.47 Å². The molecule has 0 N–H and O–H groups in total. The van der Waals surface area contributed by atoms with Crippen LogP contribution >= 0.6 is 27.5 Å². The van der Waals surface area contributed by atoms with Gasteiger partial charge in [0, 0.05) is 5.33 Å². The SMILES string of the molecule is CCOC(=O)C(C)(C)Oc1ccc(CCBr)cc1Cl. The average Bonchev–Trinajstić information content (AvgIpc) is 2.33. The standard InChI is InChI=1S/C14H18BrClO3/c1-4-18-13(17)14(2,3)19-12-6-5-10(7-8-15)9-11(12)16/h5-6,9H,4,7-8H2,1-3H3. The van der Waals surface area contributed by atoms with Gasteiger partial charge in [0.25, 0.3) is 0 Å². The molecule has 0 bridgehead atoms. The molecule has 106 valence electrons. The van der Waals surface area contributed by atoms with E-state index in [-0.39, 0.29) is 0 Å². The molecule has 0 aliphatic carbocycles. The number of benzene rings is 1. The predicted molar refractivity (Wildman–Crippen MR) is 80.3 cm³/mol. The highest BCUT2D eigenvalue weighted by molar-refractivity contribution is 9.09. The lowest BCUT2D eigenvalue weighted by molar-refractivity contribution is -0.158. The smallest absolute Gasteiger partial charge is 0.349 e. The van der Waals surface area contributed by atoms with Crippen molar-refractivity contribution in [2.75, 3.05) is 11.9 Å².